The summed E-state index contributed by atoms with van der Waals surface area (Å²) in [4.78, 5) is 9.46. The number of likely N-dealkylation sites (N-methyl/N-ethyl adjacent to an activating group) is 1. The van der Waals surface area contributed by atoms with E-state index in [-0.39, 0.29) is 24.0 Å². The number of ether oxygens (including phenoxy) is 1. The Hall–Kier alpha value is -1.06. The van der Waals surface area contributed by atoms with Crippen LogP contribution < -0.4 is 15.4 Å². The molecule has 0 spiro atoms. The van der Waals surface area contributed by atoms with Crippen molar-refractivity contribution in [2.75, 3.05) is 46.9 Å². The van der Waals surface area contributed by atoms with Crippen LogP contribution >= 0.6 is 24.0 Å². The summed E-state index contributed by atoms with van der Waals surface area (Å²) in [7, 11) is 4.10. The highest BCUT2D eigenvalue weighted by Crippen LogP contribution is 2.15. The van der Waals surface area contributed by atoms with Gasteiger partial charge in [-0.15, -0.1) is 24.0 Å². The number of piperidine rings is 1. The van der Waals surface area contributed by atoms with Crippen molar-refractivity contribution in [3.05, 3.63) is 29.8 Å². The topological polar surface area (TPSA) is 52.1 Å². The van der Waals surface area contributed by atoms with E-state index in [9.17, 15) is 0 Å². The minimum atomic E-state index is 0. The Kier molecular flexibility index (Phi) is 12.6. The fourth-order valence-corrected chi connectivity index (χ4v) is 3.32. The van der Waals surface area contributed by atoms with Gasteiger partial charge >= 0.3 is 0 Å². The first-order valence-electron chi connectivity index (χ1n) is 10.6. The number of likely N-dealkylation sites (tertiary alicyclic amines) is 1. The largest absolute Gasteiger partial charge is 0.492 e. The molecule has 7 heteroatoms. The summed E-state index contributed by atoms with van der Waals surface area (Å²) in [6.45, 7) is 12.1. The van der Waals surface area contributed by atoms with Crippen molar-refractivity contribution in [1.82, 2.24) is 20.4 Å². The molecule has 0 amide bonds. The molecule has 1 heterocycles. The molecule has 1 aromatic carbocycles. The number of nitrogens with zero attached hydrogens (tertiary/aromatic N) is 3. The first kappa shape index (κ1) is 26.0. The van der Waals surface area contributed by atoms with Crippen LogP contribution in [-0.4, -0.2) is 74.7 Å². The molecule has 2 rings (SSSR count). The standard InChI is InChI=1S/C22H39N5O.HI/c1-6-23-22(25-20-10-12-27(13-11-20)18(2)3)24-17-19-8-7-9-21(16-19)28-15-14-26(4)5;/h7-9,16,18,20H,6,10-15,17H2,1-5H3,(H2,23,24,25);1H. The van der Waals surface area contributed by atoms with E-state index in [0.717, 1.165) is 56.3 Å². The van der Waals surface area contributed by atoms with Crippen LogP contribution in [0, 0.1) is 0 Å². The zero-order valence-electron chi connectivity index (χ0n) is 18.8. The molecule has 1 fully saturated rings. The number of hydrogen-bond donors (Lipinski definition) is 2. The third-order valence-corrected chi connectivity index (χ3v) is 5.07. The van der Waals surface area contributed by atoms with Gasteiger partial charge in [0.25, 0.3) is 0 Å². The molecule has 0 atom stereocenters. The van der Waals surface area contributed by atoms with Crippen molar-refractivity contribution in [1.29, 1.82) is 0 Å². The van der Waals surface area contributed by atoms with Crippen LogP contribution in [0.1, 0.15) is 39.2 Å². The van der Waals surface area contributed by atoms with E-state index in [1.165, 1.54) is 0 Å². The molecule has 166 valence electrons. The van der Waals surface area contributed by atoms with Gasteiger partial charge in [0, 0.05) is 38.3 Å². The Balaban J connectivity index is 0.00000420. The minimum absolute atomic E-state index is 0. The van der Waals surface area contributed by atoms with E-state index in [4.69, 9.17) is 9.73 Å². The molecule has 1 aliphatic rings. The van der Waals surface area contributed by atoms with Gasteiger partial charge in [0.2, 0.25) is 0 Å². The van der Waals surface area contributed by atoms with E-state index >= 15 is 0 Å². The molecule has 0 radical (unpaired) electrons. The van der Waals surface area contributed by atoms with E-state index in [0.29, 0.717) is 25.2 Å². The van der Waals surface area contributed by atoms with Crippen molar-refractivity contribution in [3.63, 3.8) is 0 Å². The lowest BCUT2D eigenvalue weighted by Crippen LogP contribution is -2.49. The quantitative estimate of drug-likeness (QED) is 0.300. The molecule has 29 heavy (non-hydrogen) atoms. The summed E-state index contributed by atoms with van der Waals surface area (Å²) in [5.41, 5.74) is 1.16. The molecule has 0 bridgehead atoms. The van der Waals surface area contributed by atoms with Crippen LogP contribution in [0.15, 0.2) is 29.3 Å². The van der Waals surface area contributed by atoms with Gasteiger partial charge in [-0.05, 0) is 65.4 Å². The van der Waals surface area contributed by atoms with Gasteiger partial charge in [-0.1, -0.05) is 12.1 Å². The SMILES string of the molecule is CCNC(=NCc1cccc(OCCN(C)C)c1)NC1CCN(C(C)C)CC1.I. The lowest BCUT2D eigenvalue weighted by atomic mass is 10.0. The highest BCUT2D eigenvalue weighted by molar-refractivity contribution is 14.0. The molecule has 6 nitrogen and oxygen atoms in total. The van der Waals surface area contributed by atoms with Gasteiger partial charge in [-0.2, -0.15) is 0 Å². The molecule has 1 aliphatic heterocycles. The van der Waals surface area contributed by atoms with E-state index in [1.807, 2.05) is 12.1 Å². The van der Waals surface area contributed by atoms with Crippen LogP contribution in [0.2, 0.25) is 0 Å². The second-order valence-corrected chi connectivity index (χ2v) is 8.04. The van der Waals surface area contributed by atoms with E-state index in [1.54, 1.807) is 0 Å². The maximum atomic E-state index is 5.84. The number of guanidine groups is 1. The van der Waals surface area contributed by atoms with Crippen molar-refractivity contribution in [2.45, 2.75) is 52.2 Å². The normalized spacial score (nSPS) is 16.0. The molecular weight excluding hydrogens is 477 g/mol. The molecule has 0 aliphatic carbocycles. The first-order chi connectivity index (χ1) is 13.5. The Morgan fingerprint density at radius 2 is 2.00 bits per heavy atom. The predicted octanol–water partition coefficient (Wildman–Crippen LogP) is 3.17. The number of benzene rings is 1. The summed E-state index contributed by atoms with van der Waals surface area (Å²) in [5, 5.41) is 7.01. The molecule has 0 aromatic heterocycles. The third kappa shape index (κ3) is 10.00. The summed E-state index contributed by atoms with van der Waals surface area (Å²) in [6.07, 6.45) is 2.33. The molecule has 1 saturated heterocycles. The highest BCUT2D eigenvalue weighted by Gasteiger charge is 2.21. The molecule has 0 unspecified atom stereocenters. The number of aliphatic imine (C=N–C) groups is 1. The number of hydrogen-bond acceptors (Lipinski definition) is 4. The Morgan fingerprint density at radius 3 is 2.62 bits per heavy atom. The van der Waals surface area contributed by atoms with E-state index < -0.39 is 0 Å². The smallest absolute Gasteiger partial charge is 0.191 e. The zero-order chi connectivity index (χ0) is 20.4. The van der Waals surface area contributed by atoms with Gasteiger partial charge in [-0.3, -0.25) is 0 Å². The van der Waals surface area contributed by atoms with Gasteiger partial charge in [0.1, 0.15) is 12.4 Å². The number of nitrogens with one attached hydrogen (secondary N) is 2. The van der Waals surface area contributed by atoms with Crippen molar-refractivity contribution >= 4 is 29.9 Å². The van der Waals surface area contributed by atoms with Crippen LogP contribution in [-0.2, 0) is 6.54 Å². The van der Waals surface area contributed by atoms with Gasteiger partial charge in [-0.25, -0.2) is 4.99 Å². The maximum absolute atomic E-state index is 5.84. The minimum Gasteiger partial charge on any atom is -0.492 e. The number of halogens is 1. The van der Waals surface area contributed by atoms with Crippen molar-refractivity contribution < 1.29 is 4.74 Å². The second-order valence-electron chi connectivity index (χ2n) is 8.04. The molecular formula is C22H40IN5O. The lowest BCUT2D eigenvalue weighted by molar-refractivity contribution is 0.167. The summed E-state index contributed by atoms with van der Waals surface area (Å²) in [6, 6.07) is 9.37. The van der Waals surface area contributed by atoms with Crippen LogP contribution in [0.5, 0.6) is 5.75 Å². The third-order valence-electron chi connectivity index (χ3n) is 5.07. The Bertz CT molecular complexity index is 601. The van der Waals surface area contributed by atoms with Crippen LogP contribution in [0.4, 0.5) is 0 Å². The van der Waals surface area contributed by atoms with E-state index in [2.05, 4.69) is 67.4 Å². The average Bonchev–Trinajstić information content (AvgIpc) is 2.67. The monoisotopic (exact) mass is 517 g/mol. The van der Waals surface area contributed by atoms with Gasteiger partial charge < -0.3 is 25.2 Å². The second kappa shape index (κ2) is 14.0. The fourth-order valence-electron chi connectivity index (χ4n) is 3.32. The first-order valence-corrected chi connectivity index (χ1v) is 10.6. The van der Waals surface area contributed by atoms with Crippen LogP contribution in [0.25, 0.3) is 0 Å². The van der Waals surface area contributed by atoms with Crippen molar-refractivity contribution in [2.24, 2.45) is 4.99 Å². The lowest BCUT2D eigenvalue weighted by Gasteiger charge is -2.35. The Labute approximate surface area is 194 Å². The molecule has 1 aromatic rings. The summed E-state index contributed by atoms with van der Waals surface area (Å²) < 4.78 is 5.84. The predicted molar refractivity (Wildman–Crippen MR) is 134 cm³/mol. The van der Waals surface area contributed by atoms with Gasteiger partial charge in [0.15, 0.2) is 5.96 Å². The molecule has 0 saturated carbocycles. The fraction of sp³-hybridized carbons (Fsp3) is 0.682. The van der Waals surface area contributed by atoms with Crippen LogP contribution in [0.3, 0.4) is 0 Å². The summed E-state index contributed by atoms with van der Waals surface area (Å²) in [5.74, 6) is 1.82. The summed E-state index contributed by atoms with van der Waals surface area (Å²) >= 11 is 0. The van der Waals surface area contributed by atoms with Crippen molar-refractivity contribution in [3.8, 4) is 5.75 Å². The molecule has 2 N–H and O–H groups in total. The average molecular weight is 518 g/mol. The Morgan fingerprint density at radius 1 is 1.28 bits per heavy atom. The highest BCUT2D eigenvalue weighted by atomic mass is 127. The zero-order valence-corrected chi connectivity index (χ0v) is 21.1. The maximum Gasteiger partial charge on any atom is 0.191 e. The number of rotatable bonds is 9. The van der Waals surface area contributed by atoms with Gasteiger partial charge in [0.05, 0.1) is 6.54 Å².